The predicted octanol–water partition coefficient (Wildman–Crippen LogP) is 6.48. The zero-order chi connectivity index (χ0) is 31.1. The molecular weight excluding hydrogens is 556 g/mol. The van der Waals surface area contributed by atoms with Crippen molar-refractivity contribution >= 4 is 12.0 Å². The summed E-state index contributed by atoms with van der Waals surface area (Å²) in [6.45, 7) is 7.83. The largest absolute Gasteiger partial charge is 0.445 e. The van der Waals surface area contributed by atoms with E-state index in [9.17, 15) is 9.59 Å². The van der Waals surface area contributed by atoms with Gasteiger partial charge in [0.25, 0.3) is 0 Å². The Morgan fingerprint density at radius 2 is 1.36 bits per heavy atom. The number of carbonyl (C=O) groups excluding carboxylic acids is 2. The summed E-state index contributed by atoms with van der Waals surface area (Å²) < 4.78 is 24.3. The number of rotatable bonds is 15. The maximum atomic E-state index is 13.0. The molecule has 8 heteroatoms. The number of carbonyl (C=O) groups is 2. The number of ether oxygens (including phenoxy) is 4. The summed E-state index contributed by atoms with van der Waals surface area (Å²) >= 11 is 0. The van der Waals surface area contributed by atoms with Crippen LogP contribution in [0.25, 0.3) is 0 Å². The molecule has 0 radical (unpaired) electrons. The quantitative estimate of drug-likeness (QED) is 0.200. The van der Waals surface area contributed by atoms with E-state index in [2.05, 4.69) is 12.2 Å². The van der Waals surface area contributed by atoms with E-state index in [4.69, 9.17) is 18.9 Å². The van der Waals surface area contributed by atoms with Gasteiger partial charge in [0.15, 0.2) is 6.29 Å². The maximum absolute atomic E-state index is 13.0. The van der Waals surface area contributed by atoms with Crippen LogP contribution in [0.5, 0.6) is 0 Å². The van der Waals surface area contributed by atoms with Gasteiger partial charge in [-0.25, -0.2) is 4.79 Å². The lowest BCUT2D eigenvalue weighted by Gasteiger charge is -2.44. The highest BCUT2D eigenvalue weighted by atomic mass is 16.7. The number of benzene rings is 3. The van der Waals surface area contributed by atoms with E-state index in [1.54, 1.807) is 4.90 Å². The molecule has 3 aromatic carbocycles. The van der Waals surface area contributed by atoms with Crippen molar-refractivity contribution < 1.29 is 28.5 Å². The van der Waals surface area contributed by atoms with Gasteiger partial charge in [-0.15, -0.1) is 0 Å². The number of amides is 2. The lowest BCUT2D eigenvalue weighted by atomic mass is 9.89. The van der Waals surface area contributed by atoms with Crippen LogP contribution in [-0.4, -0.2) is 54.6 Å². The van der Waals surface area contributed by atoms with Crippen LogP contribution < -0.4 is 5.32 Å². The molecule has 0 spiro atoms. The summed E-state index contributed by atoms with van der Waals surface area (Å²) in [6.07, 6.45) is 1.18. The molecule has 2 amide bonds. The molecule has 5 atom stereocenters. The normalized spacial score (nSPS) is 21.4. The number of unbranched alkanes of at least 4 members (excludes halogenated alkanes) is 2. The zero-order valence-electron chi connectivity index (χ0n) is 26.1. The minimum atomic E-state index is -0.567. The number of hydrogen-bond acceptors (Lipinski definition) is 6. The number of nitrogens with one attached hydrogen (secondary N) is 1. The first kappa shape index (κ1) is 33.2. The first-order chi connectivity index (χ1) is 21.4. The summed E-state index contributed by atoms with van der Waals surface area (Å²) in [4.78, 5) is 26.8. The summed E-state index contributed by atoms with van der Waals surface area (Å²) in [5.41, 5.74) is 3.10. The predicted molar refractivity (Wildman–Crippen MR) is 169 cm³/mol. The van der Waals surface area contributed by atoms with Crippen molar-refractivity contribution in [1.82, 2.24) is 10.2 Å². The van der Waals surface area contributed by atoms with Gasteiger partial charge in [0.2, 0.25) is 5.91 Å². The van der Waals surface area contributed by atoms with Crippen molar-refractivity contribution in [1.29, 1.82) is 0 Å². The molecule has 1 aliphatic heterocycles. The highest BCUT2D eigenvalue weighted by Crippen LogP contribution is 2.30. The second kappa shape index (κ2) is 17.5. The fourth-order valence-electron chi connectivity index (χ4n) is 5.51. The number of hydrogen-bond donors (Lipinski definition) is 1. The van der Waals surface area contributed by atoms with Gasteiger partial charge in [-0.3, -0.25) is 4.79 Å². The lowest BCUT2D eigenvalue weighted by molar-refractivity contribution is -0.256. The minimum Gasteiger partial charge on any atom is -0.445 e. The Kier molecular flexibility index (Phi) is 13.2. The third-order valence-electron chi connectivity index (χ3n) is 7.88. The van der Waals surface area contributed by atoms with Gasteiger partial charge in [-0.1, -0.05) is 97.9 Å². The summed E-state index contributed by atoms with van der Waals surface area (Å²) in [5, 5.41) is 3.03. The Balaban J connectivity index is 1.24. The third kappa shape index (κ3) is 10.5. The van der Waals surface area contributed by atoms with Crippen LogP contribution in [0.1, 0.15) is 56.7 Å². The molecular formula is C36H46N2O6. The molecule has 3 aromatic rings. The molecule has 2 unspecified atom stereocenters. The van der Waals surface area contributed by atoms with E-state index in [1.807, 2.05) is 97.9 Å². The molecule has 236 valence electrons. The second-order valence-electron chi connectivity index (χ2n) is 11.4. The molecule has 1 aliphatic rings. The van der Waals surface area contributed by atoms with Crippen molar-refractivity contribution in [3.8, 4) is 0 Å². The first-order valence-corrected chi connectivity index (χ1v) is 15.6. The van der Waals surface area contributed by atoms with E-state index in [-0.39, 0.29) is 42.8 Å². The summed E-state index contributed by atoms with van der Waals surface area (Å²) in [5.74, 6) is -0.141. The minimum absolute atomic E-state index is 0.00944. The van der Waals surface area contributed by atoms with Crippen molar-refractivity contribution in [3.63, 3.8) is 0 Å². The second-order valence-corrected chi connectivity index (χ2v) is 11.4. The molecule has 1 saturated heterocycles. The Bertz CT molecular complexity index is 1260. The average molecular weight is 603 g/mol. The highest BCUT2D eigenvalue weighted by molar-refractivity contribution is 5.73. The maximum Gasteiger partial charge on any atom is 0.410 e. The third-order valence-corrected chi connectivity index (χ3v) is 7.88. The van der Waals surface area contributed by atoms with E-state index < -0.39 is 6.29 Å². The zero-order valence-corrected chi connectivity index (χ0v) is 26.1. The van der Waals surface area contributed by atoms with Crippen LogP contribution >= 0.6 is 0 Å². The van der Waals surface area contributed by atoms with Gasteiger partial charge in [-0.2, -0.15) is 0 Å². The monoisotopic (exact) mass is 602 g/mol. The Morgan fingerprint density at radius 3 is 1.98 bits per heavy atom. The van der Waals surface area contributed by atoms with Gasteiger partial charge >= 0.3 is 6.09 Å². The molecule has 4 rings (SSSR count). The van der Waals surface area contributed by atoms with E-state index in [1.165, 1.54) is 6.92 Å². The summed E-state index contributed by atoms with van der Waals surface area (Å²) in [6, 6.07) is 29.3. The standard InChI is InChI=1S/C36H46N2O6/c1-27-33(37-29(3)39)35(44-28(2)34(27)42-25-31-18-10-5-11-19-31)41-23-15-7-14-22-38(24-30-16-8-4-9-17-30)36(40)43-26-32-20-12-6-13-21-32/h4-6,8-13,16-21,27-28,33-35H,7,14-15,22-26H2,1-3H3,(H,37,39)/t27-,28?,33?,34+,35+/m1/s1. The van der Waals surface area contributed by atoms with Crippen molar-refractivity contribution in [2.45, 2.75) is 84.3 Å². The van der Waals surface area contributed by atoms with Crippen LogP contribution in [0.15, 0.2) is 91.0 Å². The van der Waals surface area contributed by atoms with Gasteiger partial charge < -0.3 is 29.2 Å². The number of nitrogens with zero attached hydrogens (tertiary/aromatic N) is 1. The molecule has 0 bridgehead atoms. The average Bonchev–Trinajstić information content (AvgIpc) is 3.03. The Labute approximate surface area is 261 Å². The van der Waals surface area contributed by atoms with Crippen LogP contribution in [-0.2, 0) is 43.5 Å². The fraction of sp³-hybridized carbons (Fsp3) is 0.444. The fourth-order valence-corrected chi connectivity index (χ4v) is 5.51. The van der Waals surface area contributed by atoms with Crippen molar-refractivity contribution in [3.05, 3.63) is 108 Å². The van der Waals surface area contributed by atoms with Crippen molar-refractivity contribution in [2.75, 3.05) is 13.2 Å². The van der Waals surface area contributed by atoms with Crippen LogP contribution in [0, 0.1) is 5.92 Å². The van der Waals surface area contributed by atoms with Crippen molar-refractivity contribution in [2.24, 2.45) is 5.92 Å². The smallest absolute Gasteiger partial charge is 0.410 e. The van der Waals surface area contributed by atoms with E-state index in [0.29, 0.717) is 26.3 Å². The topological polar surface area (TPSA) is 86.3 Å². The first-order valence-electron chi connectivity index (χ1n) is 15.6. The molecule has 1 heterocycles. The van der Waals surface area contributed by atoms with Crippen LogP contribution in [0.3, 0.4) is 0 Å². The van der Waals surface area contributed by atoms with Gasteiger partial charge in [0, 0.05) is 32.5 Å². The molecule has 0 saturated carbocycles. The SMILES string of the molecule is CC(=O)NC1[C@@H](OCCCCCN(Cc2ccccc2)C(=O)OCc2ccccc2)OC(C)[C@@H](OCc2ccccc2)[C@@H]1C. The van der Waals surface area contributed by atoms with Gasteiger partial charge in [-0.05, 0) is 42.9 Å². The van der Waals surface area contributed by atoms with Crippen LogP contribution in [0.4, 0.5) is 4.79 Å². The molecule has 0 aromatic heterocycles. The van der Waals surface area contributed by atoms with Gasteiger partial charge in [0.1, 0.15) is 6.61 Å². The molecule has 44 heavy (non-hydrogen) atoms. The van der Waals surface area contributed by atoms with E-state index in [0.717, 1.165) is 36.0 Å². The summed E-state index contributed by atoms with van der Waals surface area (Å²) in [7, 11) is 0. The molecule has 1 N–H and O–H groups in total. The van der Waals surface area contributed by atoms with Crippen LogP contribution in [0.2, 0.25) is 0 Å². The molecule has 8 nitrogen and oxygen atoms in total. The van der Waals surface area contributed by atoms with Gasteiger partial charge in [0.05, 0.1) is 24.9 Å². The molecule has 0 aliphatic carbocycles. The highest BCUT2D eigenvalue weighted by Gasteiger charge is 2.43. The molecule has 1 fully saturated rings. The van der Waals surface area contributed by atoms with E-state index >= 15 is 0 Å². The Morgan fingerprint density at radius 1 is 0.773 bits per heavy atom. The Hall–Kier alpha value is -3.72. The lowest BCUT2D eigenvalue weighted by Crippen LogP contribution is -2.60.